The Kier molecular flexibility index (Phi) is 2.81. The lowest BCUT2D eigenvalue weighted by atomic mass is 9.69. The second kappa shape index (κ2) is 4.16. The van der Waals surface area contributed by atoms with Gasteiger partial charge in [-0.3, -0.25) is 4.79 Å². The molecule has 0 aromatic heterocycles. The number of fused-ring (bicyclic) bond motifs is 1. The van der Waals surface area contributed by atoms with Gasteiger partial charge in [0.25, 0.3) is 0 Å². The van der Waals surface area contributed by atoms with Gasteiger partial charge in [0.2, 0.25) is 5.91 Å². The summed E-state index contributed by atoms with van der Waals surface area (Å²) in [5.41, 5.74) is -0.840. The zero-order chi connectivity index (χ0) is 13.7. The highest BCUT2D eigenvalue weighted by Gasteiger charge is 2.47. The summed E-state index contributed by atoms with van der Waals surface area (Å²) < 4.78 is 38.9. The van der Waals surface area contributed by atoms with Crippen molar-refractivity contribution in [3.63, 3.8) is 0 Å². The van der Waals surface area contributed by atoms with Crippen molar-refractivity contribution in [2.75, 3.05) is 11.1 Å². The molecule has 0 atom stereocenters. The Labute approximate surface area is 112 Å². The summed E-state index contributed by atoms with van der Waals surface area (Å²) in [4.78, 5) is 12.3. The number of halogens is 3. The lowest BCUT2D eigenvalue weighted by molar-refractivity contribution is -0.139. The molecule has 102 valence electrons. The summed E-state index contributed by atoms with van der Waals surface area (Å²) in [5, 5.41) is 2.67. The maximum absolute atomic E-state index is 13.0. The number of carbonyl (C=O) groups excluding carboxylic acids is 1. The zero-order valence-electron chi connectivity index (χ0n) is 10.0. The van der Waals surface area contributed by atoms with Crippen molar-refractivity contribution in [3.05, 3.63) is 23.8 Å². The van der Waals surface area contributed by atoms with Gasteiger partial charge in [-0.2, -0.15) is 13.2 Å². The Bertz CT molecular complexity index is 537. The second-order valence-electron chi connectivity index (χ2n) is 5.06. The zero-order valence-corrected chi connectivity index (χ0v) is 10.8. The summed E-state index contributed by atoms with van der Waals surface area (Å²) in [6, 6.07) is 3.94. The predicted octanol–water partition coefficient (Wildman–Crippen LogP) is 3.92. The van der Waals surface area contributed by atoms with E-state index in [9.17, 15) is 18.0 Å². The van der Waals surface area contributed by atoms with Crippen LogP contribution in [0.3, 0.4) is 0 Å². The third-order valence-corrected chi connectivity index (χ3v) is 5.28. The van der Waals surface area contributed by atoms with Crippen LogP contribution in [0, 0.1) is 5.41 Å². The van der Waals surface area contributed by atoms with Crippen molar-refractivity contribution in [3.8, 4) is 0 Å². The molecule has 2 aliphatic rings. The molecule has 0 radical (unpaired) electrons. The SMILES string of the molecule is O=C1Nc2cccc(C(F)(F)F)c2SCC12CCC2. The van der Waals surface area contributed by atoms with Crippen LogP contribution in [0.25, 0.3) is 0 Å². The van der Waals surface area contributed by atoms with Crippen LogP contribution in [0.4, 0.5) is 18.9 Å². The molecule has 1 fully saturated rings. The minimum Gasteiger partial charge on any atom is -0.325 e. The lowest BCUT2D eigenvalue weighted by Crippen LogP contribution is -2.43. The number of alkyl halides is 3. The molecule has 0 unspecified atom stereocenters. The maximum atomic E-state index is 13.0. The predicted molar refractivity (Wildman–Crippen MR) is 67.1 cm³/mol. The molecule has 1 N–H and O–H groups in total. The third-order valence-electron chi connectivity index (χ3n) is 3.85. The van der Waals surface area contributed by atoms with Gasteiger partial charge < -0.3 is 5.32 Å². The molecule has 1 aromatic rings. The molecule has 19 heavy (non-hydrogen) atoms. The fraction of sp³-hybridized carbons (Fsp3) is 0.462. The smallest absolute Gasteiger partial charge is 0.325 e. The number of nitrogens with one attached hydrogen (secondary N) is 1. The first-order valence-electron chi connectivity index (χ1n) is 6.07. The average molecular weight is 287 g/mol. The number of benzene rings is 1. The quantitative estimate of drug-likeness (QED) is 0.783. The van der Waals surface area contributed by atoms with Crippen LogP contribution in [0.5, 0.6) is 0 Å². The van der Waals surface area contributed by atoms with E-state index in [1.807, 2.05) is 0 Å². The van der Waals surface area contributed by atoms with E-state index in [1.54, 1.807) is 0 Å². The van der Waals surface area contributed by atoms with Crippen LogP contribution >= 0.6 is 11.8 Å². The molecule has 2 nitrogen and oxygen atoms in total. The normalized spacial score (nSPS) is 21.3. The van der Waals surface area contributed by atoms with Crippen molar-refractivity contribution >= 4 is 23.4 Å². The van der Waals surface area contributed by atoms with E-state index in [-0.39, 0.29) is 16.5 Å². The van der Waals surface area contributed by atoms with Gasteiger partial charge in [0, 0.05) is 10.6 Å². The number of hydrogen-bond acceptors (Lipinski definition) is 2. The molecule has 3 rings (SSSR count). The summed E-state index contributed by atoms with van der Waals surface area (Å²) in [7, 11) is 0. The summed E-state index contributed by atoms with van der Waals surface area (Å²) in [6.45, 7) is 0. The standard InChI is InChI=1S/C13H12F3NOS/c14-13(15,16)8-3-1-4-9-10(8)19-7-12(5-2-6-12)11(18)17-9/h1,3-4H,2,5-7H2,(H,17,18). The topological polar surface area (TPSA) is 29.1 Å². The molecule has 6 heteroatoms. The summed E-state index contributed by atoms with van der Waals surface area (Å²) >= 11 is 1.15. The Morgan fingerprint density at radius 3 is 2.58 bits per heavy atom. The van der Waals surface area contributed by atoms with Crippen LogP contribution in [-0.4, -0.2) is 11.7 Å². The molecule has 0 saturated heterocycles. The number of anilines is 1. The minimum atomic E-state index is -4.39. The number of carbonyl (C=O) groups is 1. The van der Waals surface area contributed by atoms with Gasteiger partial charge in [-0.25, -0.2) is 0 Å². The van der Waals surface area contributed by atoms with Gasteiger partial charge in [-0.1, -0.05) is 12.5 Å². The molecule has 1 heterocycles. The van der Waals surface area contributed by atoms with Crippen LogP contribution < -0.4 is 5.32 Å². The summed E-state index contributed by atoms with van der Waals surface area (Å²) in [6.07, 6.45) is -1.89. The molecule has 1 spiro atoms. The van der Waals surface area contributed by atoms with Gasteiger partial charge in [0.1, 0.15) is 0 Å². The van der Waals surface area contributed by atoms with Crippen LogP contribution in [0.1, 0.15) is 24.8 Å². The van der Waals surface area contributed by atoms with E-state index in [0.29, 0.717) is 5.75 Å². The molecule has 1 aromatic carbocycles. The highest BCUT2D eigenvalue weighted by Crippen LogP contribution is 2.51. The first kappa shape index (κ1) is 12.8. The van der Waals surface area contributed by atoms with Crippen LogP contribution in [0.2, 0.25) is 0 Å². The van der Waals surface area contributed by atoms with E-state index in [0.717, 1.165) is 37.1 Å². The third kappa shape index (κ3) is 2.02. The highest BCUT2D eigenvalue weighted by molar-refractivity contribution is 7.99. The Morgan fingerprint density at radius 2 is 2.00 bits per heavy atom. The fourth-order valence-electron chi connectivity index (χ4n) is 2.52. The van der Waals surface area contributed by atoms with Crippen molar-refractivity contribution in [2.45, 2.75) is 30.3 Å². The monoisotopic (exact) mass is 287 g/mol. The molecule has 0 bridgehead atoms. The van der Waals surface area contributed by atoms with Gasteiger partial charge in [-0.15, -0.1) is 11.8 Å². The molecular formula is C13H12F3NOS. The molecule has 1 aliphatic heterocycles. The van der Waals surface area contributed by atoms with Gasteiger partial charge in [0.05, 0.1) is 16.7 Å². The Balaban J connectivity index is 2.03. The Morgan fingerprint density at radius 1 is 1.26 bits per heavy atom. The van der Waals surface area contributed by atoms with Crippen LogP contribution in [0.15, 0.2) is 23.1 Å². The van der Waals surface area contributed by atoms with E-state index >= 15 is 0 Å². The Hall–Kier alpha value is -1.17. The first-order valence-corrected chi connectivity index (χ1v) is 7.05. The van der Waals surface area contributed by atoms with Crippen LogP contribution in [-0.2, 0) is 11.0 Å². The summed E-state index contributed by atoms with van der Waals surface area (Å²) in [5.74, 6) is 0.295. The van der Waals surface area contributed by atoms with Gasteiger partial charge in [0.15, 0.2) is 0 Å². The number of amides is 1. The van der Waals surface area contributed by atoms with Gasteiger partial charge in [-0.05, 0) is 25.0 Å². The van der Waals surface area contributed by atoms with Crippen molar-refractivity contribution in [1.29, 1.82) is 0 Å². The first-order chi connectivity index (χ1) is 8.92. The van der Waals surface area contributed by atoms with Crippen molar-refractivity contribution in [1.82, 2.24) is 0 Å². The van der Waals surface area contributed by atoms with E-state index in [2.05, 4.69) is 5.32 Å². The van der Waals surface area contributed by atoms with E-state index in [4.69, 9.17) is 0 Å². The largest absolute Gasteiger partial charge is 0.417 e. The van der Waals surface area contributed by atoms with E-state index in [1.165, 1.54) is 12.1 Å². The maximum Gasteiger partial charge on any atom is 0.417 e. The number of thioether (sulfide) groups is 1. The van der Waals surface area contributed by atoms with Crippen molar-refractivity contribution in [2.24, 2.45) is 5.41 Å². The average Bonchev–Trinajstić information content (AvgIpc) is 2.42. The van der Waals surface area contributed by atoms with E-state index < -0.39 is 17.2 Å². The molecule has 1 aliphatic carbocycles. The minimum absolute atomic E-state index is 0.135. The lowest BCUT2D eigenvalue weighted by Gasteiger charge is -2.38. The number of rotatable bonds is 0. The molecule has 1 saturated carbocycles. The molecular weight excluding hydrogens is 275 g/mol. The highest BCUT2D eigenvalue weighted by atomic mass is 32.2. The number of hydrogen-bond donors (Lipinski definition) is 1. The van der Waals surface area contributed by atoms with Crippen molar-refractivity contribution < 1.29 is 18.0 Å². The fourth-order valence-corrected chi connectivity index (χ4v) is 3.97. The second-order valence-corrected chi connectivity index (χ2v) is 6.04. The van der Waals surface area contributed by atoms with Gasteiger partial charge >= 0.3 is 6.18 Å². The molecule has 1 amide bonds.